The third-order valence-electron chi connectivity index (χ3n) is 5.21. The smallest absolute Gasteiger partial charge is 0.133 e. The van der Waals surface area contributed by atoms with Gasteiger partial charge in [0.1, 0.15) is 5.78 Å². The molecule has 0 aromatic carbocycles. The maximum atomic E-state index is 11.7. The fourth-order valence-corrected chi connectivity index (χ4v) is 3.50. The molecule has 0 heterocycles. The molecular weight excluding hydrogens is 236 g/mol. The molecule has 2 nitrogen and oxygen atoms in total. The molecule has 0 bridgehead atoms. The minimum absolute atomic E-state index is 0.198. The minimum Gasteiger partial charge on any atom is -0.390 e. The zero-order valence-electron chi connectivity index (χ0n) is 13.5. The Morgan fingerprint density at radius 1 is 1.37 bits per heavy atom. The van der Waals surface area contributed by atoms with Crippen molar-refractivity contribution in [1.29, 1.82) is 0 Å². The van der Waals surface area contributed by atoms with Gasteiger partial charge in [0.15, 0.2) is 0 Å². The number of Topliss-reactive ketones (excluding diaryl/α,β-unsaturated/α-hetero) is 1. The Kier molecular flexibility index (Phi) is 5.61. The van der Waals surface area contributed by atoms with Gasteiger partial charge in [0.2, 0.25) is 0 Å². The monoisotopic (exact) mass is 268 g/mol. The van der Waals surface area contributed by atoms with Gasteiger partial charge in [0.05, 0.1) is 5.60 Å². The molecule has 1 fully saturated rings. The summed E-state index contributed by atoms with van der Waals surface area (Å²) in [5.74, 6) is 1.65. The van der Waals surface area contributed by atoms with Gasteiger partial charge >= 0.3 is 0 Å². The topological polar surface area (TPSA) is 37.3 Å². The molecule has 0 saturated heterocycles. The van der Waals surface area contributed by atoms with Crippen molar-refractivity contribution in [3.8, 4) is 0 Å². The molecule has 3 atom stereocenters. The number of aliphatic hydroxyl groups is 1. The van der Waals surface area contributed by atoms with Crippen LogP contribution in [-0.2, 0) is 4.79 Å². The highest BCUT2D eigenvalue weighted by Gasteiger charge is 2.38. The van der Waals surface area contributed by atoms with Crippen LogP contribution in [-0.4, -0.2) is 16.5 Å². The number of rotatable bonds is 6. The van der Waals surface area contributed by atoms with E-state index < -0.39 is 5.60 Å². The molecule has 0 spiro atoms. The third-order valence-corrected chi connectivity index (χ3v) is 5.21. The van der Waals surface area contributed by atoms with Crippen molar-refractivity contribution in [2.75, 3.05) is 0 Å². The third kappa shape index (κ3) is 5.25. The van der Waals surface area contributed by atoms with Gasteiger partial charge in [-0.05, 0) is 50.4 Å². The molecule has 1 rings (SSSR count). The number of carbonyl (C=O) groups excluding carboxylic acids is 1. The second kappa shape index (κ2) is 6.39. The molecule has 1 N–H and O–H groups in total. The highest BCUT2D eigenvalue weighted by Crippen LogP contribution is 2.44. The number of hydrogen-bond donors (Lipinski definition) is 1. The molecule has 0 aromatic heterocycles. The SMILES string of the molecule is C[C@@H](CCCC(C)(C)O)[C@H](C)[C@@]1(C)CCCC(=O)C1. The van der Waals surface area contributed by atoms with Gasteiger partial charge in [-0.1, -0.05) is 33.6 Å². The molecule has 1 aliphatic carbocycles. The van der Waals surface area contributed by atoms with Crippen LogP contribution < -0.4 is 0 Å². The quantitative estimate of drug-likeness (QED) is 0.777. The molecule has 19 heavy (non-hydrogen) atoms. The average Bonchev–Trinajstić information content (AvgIpc) is 2.25. The normalized spacial score (nSPS) is 28.2. The van der Waals surface area contributed by atoms with Gasteiger partial charge in [0, 0.05) is 12.8 Å². The Hall–Kier alpha value is -0.370. The zero-order chi connectivity index (χ0) is 14.7. The predicted molar refractivity (Wildman–Crippen MR) is 80.1 cm³/mol. The molecule has 2 heteroatoms. The second-order valence-corrected chi connectivity index (χ2v) is 7.69. The molecule has 112 valence electrons. The van der Waals surface area contributed by atoms with Crippen LogP contribution in [0.15, 0.2) is 0 Å². The molecule has 0 unspecified atom stereocenters. The average molecular weight is 268 g/mol. The first-order valence-electron chi connectivity index (χ1n) is 7.88. The molecule has 1 aliphatic rings. The molecule has 0 aromatic rings. The van der Waals surface area contributed by atoms with E-state index in [1.54, 1.807) is 0 Å². The molecule has 1 saturated carbocycles. The van der Waals surface area contributed by atoms with Crippen LogP contribution >= 0.6 is 0 Å². The maximum absolute atomic E-state index is 11.7. The standard InChI is InChI=1S/C17H32O2/c1-13(8-6-10-16(3,4)19)14(2)17(5)11-7-9-15(18)12-17/h13-14,19H,6-12H2,1-5H3/t13-,14-,17-/m0/s1. The van der Waals surface area contributed by atoms with Gasteiger partial charge in [-0.15, -0.1) is 0 Å². The van der Waals surface area contributed by atoms with Crippen molar-refractivity contribution < 1.29 is 9.90 Å². The Morgan fingerprint density at radius 3 is 2.53 bits per heavy atom. The van der Waals surface area contributed by atoms with Crippen LogP contribution in [0.25, 0.3) is 0 Å². The van der Waals surface area contributed by atoms with Gasteiger partial charge in [0.25, 0.3) is 0 Å². The fourth-order valence-electron chi connectivity index (χ4n) is 3.50. The van der Waals surface area contributed by atoms with Crippen molar-refractivity contribution in [3.05, 3.63) is 0 Å². The highest BCUT2D eigenvalue weighted by atomic mass is 16.3. The predicted octanol–water partition coefficient (Wildman–Crippen LogP) is 4.35. The molecule has 0 amide bonds. The number of hydrogen-bond acceptors (Lipinski definition) is 2. The van der Waals surface area contributed by atoms with Crippen molar-refractivity contribution in [2.45, 2.75) is 85.2 Å². The van der Waals surface area contributed by atoms with E-state index in [0.717, 1.165) is 38.5 Å². The fraction of sp³-hybridized carbons (Fsp3) is 0.941. The highest BCUT2D eigenvalue weighted by molar-refractivity contribution is 5.79. The van der Waals surface area contributed by atoms with Gasteiger partial charge < -0.3 is 5.11 Å². The Morgan fingerprint density at radius 2 is 2.00 bits per heavy atom. The Bertz CT molecular complexity index is 303. The first kappa shape index (κ1) is 16.7. The van der Waals surface area contributed by atoms with Crippen molar-refractivity contribution in [3.63, 3.8) is 0 Å². The van der Waals surface area contributed by atoms with Gasteiger partial charge in [-0.2, -0.15) is 0 Å². The first-order valence-corrected chi connectivity index (χ1v) is 7.88. The summed E-state index contributed by atoms with van der Waals surface area (Å²) in [6.45, 7) is 10.7. The summed E-state index contributed by atoms with van der Waals surface area (Å²) < 4.78 is 0. The van der Waals surface area contributed by atoms with Gasteiger partial charge in [-0.3, -0.25) is 4.79 Å². The van der Waals surface area contributed by atoms with E-state index >= 15 is 0 Å². The van der Waals surface area contributed by atoms with E-state index in [0.29, 0.717) is 17.6 Å². The van der Waals surface area contributed by atoms with Crippen LogP contribution in [0.1, 0.15) is 79.6 Å². The molecule has 0 aliphatic heterocycles. The van der Waals surface area contributed by atoms with E-state index in [1.165, 1.54) is 6.42 Å². The number of carbonyl (C=O) groups is 1. The van der Waals surface area contributed by atoms with E-state index in [4.69, 9.17) is 0 Å². The van der Waals surface area contributed by atoms with E-state index in [-0.39, 0.29) is 5.41 Å². The number of ketones is 1. The lowest BCUT2D eigenvalue weighted by atomic mass is 9.63. The lowest BCUT2D eigenvalue weighted by Gasteiger charge is -2.41. The Labute approximate surface area is 119 Å². The van der Waals surface area contributed by atoms with E-state index in [9.17, 15) is 9.90 Å². The second-order valence-electron chi connectivity index (χ2n) is 7.69. The summed E-state index contributed by atoms with van der Waals surface area (Å²) in [6.07, 6.45) is 6.89. The van der Waals surface area contributed by atoms with Crippen LogP contribution in [0.2, 0.25) is 0 Å². The van der Waals surface area contributed by atoms with Crippen LogP contribution in [0.3, 0.4) is 0 Å². The Balaban J connectivity index is 2.47. The summed E-state index contributed by atoms with van der Waals surface area (Å²) in [7, 11) is 0. The summed E-state index contributed by atoms with van der Waals surface area (Å²) in [5.41, 5.74) is -0.350. The van der Waals surface area contributed by atoms with Crippen LogP contribution in [0, 0.1) is 17.3 Å². The van der Waals surface area contributed by atoms with Crippen molar-refractivity contribution in [2.24, 2.45) is 17.3 Å². The van der Waals surface area contributed by atoms with Crippen LogP contribution in [0.4, 0.5) is 0 Å². The summed E-state index contributed by atoms with van der Waals surface area (Å²) in [6, 6.07) is 0. The summed E-state index contributed by atoms with van der Waals surface area (Å²) >= 11 is 0. The summed E-state index contributed by atoms with van der Waals surface area (Å²) in [4.78, 5) is 11.7. The van der Waals surface area contributed by atoms with Crippen LogP contribution in [0.5, 0.6) is 0 Å². The molecular formula is C17H32O2. The summed E-state index contributed by atoms with van der Waals surface area (Å²) in [5, 5.41) is 9.76. The van der Waals surface area contributed by atoms with E-state index in [1.807, 2.05) is 13.8 Å². The first-order chi connectivity index (χ1) is 8.64. The van der Waals surface area contributed by atoms with Crippen molar-refractivity contribution >= 4 is 5.78 Å². The minimum atomic E-state index is -0.548. The lowest BCUT2D eigenvalue weighted by molar-refractivity contribution is -0.125. The zero-order valence-corrected chi connectivity index (χ0v) is 13.5. The largest absolute Gasteiger partial charge is 0.390 e. The van der Waals surface area contributed by atoms with Crippen molar-refractivity contribution in [1.82, 2.24) is 0 Å². The maximum Gasteiger partial charge on any atom is 0.133 e. The van der Waals surface area contributed by atoms with E-state index in [2.05, 4.69) is 20.8 Å². The molecule has 0 radical (unpaired) electrons. The lowest BCUT2D eigenvalue weighted by Crippen LogP contribution is -2.35. The van der Waals surface area contributed by atoms with Gasteiger partial charge in [-0.25, -0.2) is 0 Å².